The molecule has 0 bridgehead atoms. The van der Waals surface area contributed by atoms with E-state index in [9.17, 15) is 0 Å². The second-order valence-electron chi connectivity index (χ2n) is 14.5. The number of furan rings is 1. The van der Waals surface area contributed by atoms with Gasteiger partial charge in [0.05, 0.1) is 5.69 Å². The summed E-state index contributed by atoms with van der Waals surface area (Å²) in [5.74, 6) is 0. The van der Waals surface area contributed by atoms with E-state index in [4.69, 9.17) is 4.42 Å². The summed E-state index contributed by atoms with van der Waals surface area (Å²) in [5, 5.41) is 7.14. The van der Waals surface area contributed by atoms with Crippen molar-refractivity contribution < 1.29 is 4.42 Å². The molecule has 0 fully saturated rings. The first kappa shape index (κ1) is 29.6. The zero-order valence-corrected chi connectivity index (χ0v) is 29.7. The third-order valence-electron chi connectivity index (χ3n) is 11.3. The lowest BCUT2D eigenvalue weighted by atomic mass is 9.82. The van der Waals surface area contributed by atoms with Gasteiger partial charge in [0.2, 0.25) is 0 Å². The highest BCUT2D eigenvalue weighted by Crippen LogP contribution is 2.52. The number of thiophene rings is 1. The van der Waals surface area contributed by atoms with Crippen molar-refractivity contribution in [2.75, 3.05) is 4.90 Å². The molecule has 2 aromatic heterocycles. The van der Waals surface area contributed by atoms with E-state index < -0.39 is 0 Å². The molecule has 0 atom stereocenters. The molecule has 0 spiro atoms. The van der Waals surface area contributed by atoms with Gasteiger partial charge in [0.25, 0.3) is 0 Å². The van der Waals surface area contributed by atoms with Crippen LogP contribution in [0, 0.1) is 0 Å². The number of benzene rings is 8. The zero-order chi connectivity index (χ0) is 34.6. The zero-order valence-electron chi connectivity index (χ0n) is 28.9. The minimum atomic E-state index is -0.0412. The van der Waals surface area contributed by atoms with Gasteiger partial charge in [-0.15, -0.1) is 11.3 Å². The molecule has 0 N–H and O–H groups in total. The van der Waals surface area contributed by atoms with E-state index >= 15 is 0 Å². The Morgan fingerprint density at radius 2 is 1.13 bits per heavy atom. The topological polar surface area (TPSA) is 16.4 Å². The van der Waals surface area contributed by atoms with Gasteiger partial charge in [-0.25, -0.2) is 0 Å². The Morgan fingerprint density at radius 3 is 2.04 bits per heavy atom. The van der Waals surface area contributed by atoms with E-state index in [1.54, 1.807) is 0 Å². The van der Waals surface area contributed by atoms with Crippen LogP contribution in [0.4, 0.5) is 17.1 Å². The Hall–Kier alpha value is -6.16. The number of rotatable bonds is 4. The first-order valence-corrected chi connectivity index (χ1v) is 18.7. The third kappa shape index (κ3) is 4.17. The van der Waals surface area contributed by atoms with Gasteiger partial charge in [0.1, 0.15) is 5.58 Å². The largest absolute Gasteiger partial charge is 0.453 e. The number of hydrogen-bond donors (Lipinski definition) is 0. The Morgan fingerprint density at radius 1 is 0.481 bits per heavy atom. The molecular formula is C49H33NOS. The monoisotopic (exact) mass is 683 g/mol. The molecule has 11 rings (SSSR count). The van der Waals surface area contributed by atoms with Crippen LogP contribution in [0.3, 0.4) is 0 Å². The summed E-state index contributed by atoms with van der Waals surface area (Å²) in [6.45, 7) is 4.69. The summed E-state index contributed by atoms with van der Waals surface area (Å²) in [6.07, 6.45) is 0. The first-order chi connectivity index (χ1) is 25.5. The van der Waals surface area contributed by atoms with Crippen LogP contribution in [-0.4, -0.2) is 0 Å². The number of hydrogen-bond acceptors (Lipinski definition) is 3. The smallest absolute Gasteiger partial charge is 0.159 e. The van der Waals surface area contributed by atoms with Crippen LogP contribution in [0.25, 0.3) is 75.1 Å². The summed E-state index contributed by atoms with van der Waals surface area (Å²) < 4.78 is 9.48. The fourth-order valence-electron chi connectivity index (χ4n) is 8.75. The standard InChI is InChI=1S/C49H33NOS/c1-49(2)41-17-7-5-14-40(41)46-34(15-9-18-42(46)49)31-21-24-32(25-22-31)50(33-26-28-37-36-13-6-8-20-44(36)52-45(37)29-33)43-19-10-16-38-39-27-23-30-11-3-4-12-35(30)47(39)51-48(38)43/h3-29H,1-2H3. The molecule has 0 radical (unpaired) electrons. The van der Waals surface area contributed by atoms with Gasteiger partial charge >= 0.3 is 0 Å². The molecule has 52 heavy (non-hydrogen) atoms. The molecule has 246 valence electrons. The lowest BCUT2D eigenvalue weighted by molar-refractivity contribution is 0.660. The van der Waals surface area contributed by atoms with Crippen LogP contribution >= 0.6 is 11.3 Å². The summed E-state index contributed by atoms with van der Waals surface area (Å²) in [7, 11) is 0. The maximum absolute atomic E-state index is 6.91. The predicted octanol–water partition coefficient (Wildman–Crippen LogP) is 14.6. The number of para-hydroxylation sites is 1. The average molecular weight is 684 g/mol. The minimum Gasteiger partial charge on any atom is -0.453 e. The highest BCUT2D eigenvalue weighted by Gasteiger charge is 2.36. The summed E-state index contributed by atoms with van der Waals surface area (Å²) in [4.78, 5) is 2.37. The van der Waals surface area contributed by atoms with Crippen LogP contribution in [0.2, 0.25) is 0 Å². The van der Waals surface area contributed by atoms with Gasteiger partial charge in [-0.05, 0) is 81.2 Å². The number of nitrogens with zero attached hydrogens (tertiary/aromatic N) is 1. The Bertz CT molecular complexity index is 3050. The maximum Gasteiger partial charge on any atom is 0.159 e. The van der Waals surface area contributed by atoms with Crippen molar-refractivity contribution in [1.29, 1.82) is 0 Å². The SMILES string of the molecule is CC1(C)c2ccccc2-c2c(-c3ccc(N(c4ccc5c(c4)sc4ccccc45)c4cccc5c4oc4c6ccccc6ccc54)cc3)cccc21. The summed E-state index contributed by atoms with van der Waals surface area (Å²) >= 11 is 1.85. The molecule has 0 saturated heterocycles. The molecule has 0 amide bonds. The summed E-state index contributed by atoms with van der Waals surface area (Å²) in [5.41, 5.74) is 12.9. The molecule has 0 aliphatic heterocycles. The van der Waals surface area contributed by atoms with Crippen molar-refractivity contribution in [3.05, 3.63) is 175 Å². The number of fused-ring (bicyclic) bond motifs is 11. The lowest BCUT2D eigenvalue weighted by Gasteiger charge is -2.26. The quantitative estimate of drug-likeness (QED) is 0.184. The second kappa shape index (κ2) is 10.9. The minimum absolute atomic E-state index is 0.0412. The van der Waals surface area contributed by atoms with Gasteiger partial charge in [-0.2, -0.15) is 0 Å². The average Bonchev–Trinajstić information content (AvgIpc) is 3.83. The molecule has 2 nitrogen and oxygen atoms in total. The highest BCUT2D eigenvalue weighted by molar-refractivity contribution is 7.25. The molecule has 8 aromatic carbocycles. The molecule has 1 aliphatic carbocycles. The highest BCUT2D eigenvalue weighted by atomic mass is 32.1. The van der Waals surface area contributed by atoms with Crippen molar-refractivity contribution in [2.24, 2.45) is 0 Å². The number of anilines is 3. The van der Waals surface area contributed by atoms with Crippen molar-refractivity contribution >= 4 is 81.3 Å². The van der Waals surface area contributed by atoms with Crippen LogP contribution in [0.1, 0.15) is 25.0 Å². The van der Waals surface area contributed by atoms with Gasteiger partial charge in [-0.3, -0.25) is 0 Å². The molecule has 2 heterocycles. The molecule has 0 saturated carbocycles. The van der Waals surface area contributed by atoms with Crippen LogP contribution in [0.15, 0.2) is 168 Å². The van der Waals surface area contributed by atoms with Crippen molar-refractivity contribution in [1.82, 2.24) is 0 Å². The molecular weight excluding hydrogens is 651 g/mol. The van der Waals surface area contributed by atoms with Gasteiger partial charge < -0.3 is 9.32 Å². The van der Waals surface area contributed by atoms with Gasteiger partial charge in [0, 0.05) is 53.1 Å². The first-order valence-electron chi connectivity index (χ1n) is 17.9. The van der Waals surface area contributed by atoms with Crippen LogP contribution in [0.5, 0.6) is 0 Å². The van der Waals surface area contributed by atoms with Crippen molar-refractivity contribution in [3.63, 3.8) is 0 Å². The van der Waals surface area contributed by atoms with Crippen molar-refractivity contribution in [2.45, 2.75) is 19.3 Å². The third-order valence-corrected chi connectivity index (χ3v) is 12.4. The molecule has 3 heteroatoms. The Balaban J connectivity index is 1.12. The molecule has 1 aliphatic rings. The van der Waals surface area contributed by atoms with E-state index in [2.05, 4.69) is 183 Å². The maximum atomic E-state index is 6.91. The van der Waals surface area contributed by atoms with Crippen LogP contribution in [-0.2, 0) is 5.41 Å². The fraction of sp³-hybridized carbons (Fsp3) is 0.0612. The van der Waals surface area contributed by atoms with E-state index in [1.165, 1.54) is 58.9 Å². The Kier molecular flexibility index (Phi) is 6.21. The van der Waals surface area contributed by atoms with Crippen LogP contribution < -0.4 is 4.90 Å². The molecule has 0 unspecified atom stereocenters. The molecule has 10 aromatic rings. The van der Waals surface area contributed by atoms with E-state index in [-0.39, 0.29) is 5.41 Å². The second-order valence-corrected chi connectivity index (χ2v) is 15.6. The van der Waals surface area contributed by atoms with E-state index in [0.717, 1.165) is 44.4 Å². The lowest BCUT2D eigenvalue weighted by Crippen LogP contribution is -2.14. The fourth-order valence-corrected chi connectivity index (χ4v) is 9.89. The predicted molar refractivity (Wildman–Crippen MR) is 222 cm³/mol. The van der Waals surface area contributed by atoms with E-state index in [0.29, 0.717) is 0 Å². The van der Waals surface area contributed by atoms with Gasteiger partial charge in [0.15, 0.2) is 5.58 Å². The van der Waals surface area contributed by atoms with Crippen molar-refractivity contribution in [3.8, 4) is 22.3 Å². The summed E-state index contributed by atoms with van der Waals surface area (Å²) in [6, 6.07) is 59.8. The van der Waals surface area contributed by atoms with E-state index in [1.807, 2.05) is 11.3 Å². The normalized spacial score (nSPS) is 13.3. The van der Waals surface area contributed by atoms with Gasteiger partial charge in [-0.1, -0.05) is 135 Å². The Labute approximate surface area is 305 Å².